The van der Waals surface area contributed by atoms with E-state index in [1.165, 1.54) is 25.3 Å². The van der Waals surface area contributed by atoms with E-state index in [-0.39, 0.29) is 36.6 Å². The van der Waals surface area contributed by atoms with Gasteiger partial charge in [0, 0.05) is 24.4 Å². The third-order valence-electron chi connectivity index (χ3n) is 3.53. The molecule has 27 heavy (non-hydrogen) atoms. The molecule has 0 saturated carbocycles. The maximum absolute atomic E-state index is 12.4. The Morgan fingerprint density at radius 1 is 1.37 bits per heavy atom. The van der Waals surface area contributed by atoms with Crippen LogP contribution in [0.5, 0.6) is 0 Å². The minimum Gasteiger partial charge on any atom is -0.467 e. The third kappa shape index (κ3) is 5.54. The predicted molar refractivity (Wildman–Crippen MR) is 94.1 cm³/mol. The van der Waals surface area contributed by atoms with Crippen molar-refractivity contribution in [2.24, 2.45) is 0 Å². The first-order chi connectivity index (χ1) is 12.9. The number of furan rings is 1. The van der Waals surface area contributed by atoms with Gasteiger partial charge in [-0.2, -0.15) is 0 Å². The van der Waals surface area contributed by atoms with Crippen molar-refractivity contribution < 1.29 is 28.8 Å². The summed E-state index contributed by atoms with van der Waals surface area (Å²) in [4.78, 5) is 34.8. The SMILES string of the molecule is C[C@@H](OC(=O)c1cc([N+](=O)[O-])ccc1NCCO)C(=O)NCc1ccco1. The average Bonchev–Trinajstić information content (AvgIpc) is 3.17. The fourth-order valence-electron chi connectivity index (χ4n) is 2.17. The molecule has 0 saturated heterocycles. The number of aliphatic hydroxyl groups excluding tert-OH is 1. The molecule has 1 heterocycles. The Balaban J connectivity index is 2.06. The lowest BCUT2D eigenvalue weighted by Crippen LogP contribution is -2.35. The maximum atomic E-state index is 12.4. The van der Waals surface area contributed by atoms with E-state index in [4.69, 9.17) is 14.3 Å². The van der Waals surface area contributed by atoms with Crippen LogP contribution in [0.15, 0.2) is 41.0 Å². The number of rotatable bonds is 9. The topological polar surface area (TPSA) is 144 Å². The Kier molecular flexibility index (Phi) is 6.89. The molecule has 10 heteroatoms. The van der Waals surface area contributed by atoms with E-state index >= 15 is 0 Å². The Bertz CT molecular complexity index is 805. The smallest absolute Gasteiger partial charge is 0.341 e. The van der Waals surface area contributed by atoms with Crippen LogP contribution in [0, 0.1) is 10.1 Å². The number of benzene rings is 1. The largest absolute Gasteiger partial charge is 0.467 e. The number of nitro groups is 1. The number of nitrogens with one attached hydrogen (secondary N) is 2. The fourth-order valence-corrected chi connectivity index (χ4v) is 2.17. The zero-order valence-electron chi connectivity index (χ0n) is 14.5. The van der Waals surface area contributed by atoms with Crippen LogP contribution >= 0.6 is 0 Å². The number of hydrogen-bond acceptors (Lipinski definition) is 8. The third-order valence-corrected chi connectivity index (χ3v) is 3.53. The van der Waals surface area contributed by atoms with Crippen molar-refractivity contribution in [2.45, 2.75) is 19.6 Å². The van der Waals surface area contributed by atoms with Crippen molar-refractivity contribution in [3.05, 3.63) is 58.0 Å². The van der Waals surface area contributed by atoms with Crippen LogP contribution in [0.3, 0.4) is 0 Å². The minimum atomic E-state index is -1.13. The standard InChI is InChI=1S/C17H19N3O7/c1-11(16(22)19-10-13-3-2-8-26-13)27-17(23)14-9-12(20(24)25)4-5-15(14)18-6-7-21/h2-5,8-9,11,18,21H,6-7,10H2,1H3,(H,19,22)/t11-/m1/s1. The molecule has 1 aromatic carbocycles. The van der Waals surface area contributed by atoms with Gasteiger partial charge >= 0.3 is 5.97 Å². The lowest BCUT2D eigenvalue weighted by Gasteiger charge is -2.15. The summed E-state index contributed by atoms with van der Waals surface area (Å²) in [6.07, 6.45) is 0.339. The minimum absolute atomic E-state index is 0.108. The molecule has 0 radical (unpaired) electrons. The Labute approximate surface area is 154 Å². The molecule has 0 aliphatic heterocycles. The number of carbonyl (C=O) groups is 2. The molecule has 2 rings (SSSR count). The number of carbonyl (C=O) groups excluding carboxylic acids is 2. The van der Waals surface area contributed by atoms with Gasteiger partial charge in [0.05, 0.1) is 29.9 Å². The fraction of sp³-hybridized carbons (Fsp3) is 0.294. The van der Waals surface area contributed by atoms with Crippen LogP contribution in [-0.2, 0) is 16.1 Å². The van der Waals surface area contributed by atoms with E-state index < -0.39 is 22.9 Å². The molecule has 0 unspecified atom stereocenters. The molecular formula is C17H19N3O7. The average molecular weight is 377 g/mol. The van der Waals surface area contributed by atoms with Gasteiger partial charge in [-0.05, 0) is 25.1 Å². The highest BCUT2D eigenvalue weighted by Crippen LogP contribution is 2.23. The number of amides is 1. The number of hydrogen-bond donors (Lipinski definition) is 3. The Hall–Kier alpha value is -3.40. The second-order valence-corrected chi connectivity index (χ2v) is 5.48. The van der Waals surface area contributed by atoms with Crippen molar-refractivity contribution in [3.63, 3.8) is 0 Å². The van der Waals surface area contributed by atoms with Gasteiger partial charge in [-0.15, -0.1) is 0 Å². The van der Waals surface area contributed by atoms with Crippen molar-refractivity contribution in [1.82, 2.24) is 5.32 Å². The summed E-state index contributed by atoms with van der Waals surface area (Å²) < 4.78 is 10.2. The summed E-state index contributed by atoms with van der Waals surface area (Å²) >= 11 is 0. The second-order valence-electron chi connectivity index (χ2n) is 5.48. The highest BCUT2D eigenvalue weighted by molar-refractivity contribution is 5.98. The van der Waals surface area contributed by atoms with Crippen molar-refractivity contribution in [1.29, 1.82) is 0 Å². The molecule has 0 spiro atoms. The zero-order chi connectivity index (χ0) is 19.8. The van der Waals surface area contributed by atoms with E-state index in [9.17, 15) is 19.7 Å². The van der Waals surface area contributed by atoms with Crippen LogP contribution in [0.1, 0.15) is 23.0 Å². The number of nitrogens with zero attached hydrogens (tertiary/aromatic N) is 1. The summed E-state index contributed by atoms with van der Waals surface area (Å²) in [5.74, 6) is -0.911. The van der Waals surface area contributed by atoms with Gasteiger partial charge < -0.3 is 24.9 Å². The van der Waals surface area contributed by atoms with Gasteiger partial charge in [0.1, 0.15) is 5.76 Å². The molecule has 3 N–H and O–H groups in total. The van der Waals surface area contributed by atoms with E-state index in [1.807, 2.05) is 0 Å². The van der Waals surface area contributed by atoms with Crippen molar-refractivity contribution in [2.75, 3.05) is 18.5 Å². The summed E-state index contributed by atoms with van der Waals surface area (Å²) in [5.41, 5.74) is -0.155. The van der Waals surface area contributed by atoms with Crippen LogP contribution in [-0.4, -0.2) is 41.2 Å². The molecule has 1 amide bonds. The highest BCUT2D eigenvalue weighted by atomic mass is 16.6. The van der Waals surface area contributed by atoms with Gasteiger partial charge in [0.15, 0.2) is 6.10 Å². The first-order valence-corrected chi connectivity index (χ1v) is 8.06. The van der Waals surface area contributed by atoms with E-state index in [0.29, 0.717) is 5.76 Å². The number of anilines is 1. The zero-order valence-corrected chi connectivity index (χ0v) is 14.5. The van der Waals surface area contributed by atoms with E-state index in [1.54, 1.807) is 12.1 Å². The monoisotopic (exact) mass is 377 g/mol. The van der Waals surface area contributed by atoms with Gasteiger partial charge in [-0.3, -0.25) is 14.9 Å². The van der Waals surface area contributed by atoms with Crippen LogP contribution < -0.4 is 10.6 Å². The Morgan fingerprint density at radius 2 is 2.15 bits per heavy atom. The summed E-state index contributed by atoms with van der Waals surface area (Å²) in [7, 11) is 0. The quantitative estimate of drug-likeness (QED) is 0.338. The summed E-state index contributed by atoms with van der Waals surface area (Å²) in [5, 5.41) is 25.2. The van der Waals surface area contributed by atoms with Crippen molar-refractivity contribution in [3.8, 4) is 0 Å². The molecule has 10 nitrogen and oxygen atoms in total. The molecule has 0 bridgehead atoms. The molecule has 1 atom stereocenters. The van der Waals surface area contributed by atoms with Gasteiger partial charge in [0.25, 0.3) is 11.6 Å². The van der Waals surface area contributed by atoms with Crippen LogP contribution in [0.25, 0.3) is 0 Å². The first-order valence-electron chi connectivity index (χ1n) is 8.06. The number of nitro benzene ring substituents is 1. The number of aliphatic hydroxyl groups is 1. The maximum Gasteiger partial charge on any atom is 0.341 e. The van der Waals surface area contributed by atoms with E-state index in [2.05, 4.69) is 10.6 Å². The molecule has 0 aliphatic carbocycles. The first kappa shape index (κ1) is 19.9. The number of non-ortho nitro benzene ring substituents is 1. The van der Waals surface area contributed by atoms with E-state index in [0.717, 1.165) is 6.07 Å². The predicted octanol–water partition coefficient (Wildman–Crippen LogP) is 1.45. The molecule has 2 aromatic rings. The number of esters is 1. The van der Waals surface area contributed by atoms with Crippen molar-refractivity contribution >= 4 is 23.3 Å². The lowest BCUT2D eigenvalue weighted by atomic mass is 10.1. The summed E-state index contributed by atoms with van der Waals surface area (Å²) in [6, 6.07) is 6.96. The van der Waals surface area contributed by atoms with Crippen LogP contribution in [0.4, 0.5) is 11.4 Å². The number of ether oxygens (including phenoxy) is 1. The molecule has 144 valence electrons. The molecule has 0 aliphatic rings. The van der Waals surface area contributed by atoms with Crippen LogP contribution in [0.2, 0.25) is 0 Å². The van der Waals surface area contributed by atoms with Gasteiger partial charge in [-0.25, -0.2) is 4.79 Å². The van der Waals surface area contributed by atoms with Gasteiger partial charge in [0.2, 0.25) is 0 Å². The second kappa shape index (κ2) is 9.34. The molecular weight excluding hydrogens is 358 g/mol. The lowest BCUT2D eigenvalue weighted by molar-refractivity contribution is -0.384. The Morgan fingerprint density at radius 3 is 2.78 bits per heavy atom. The normalized spacial score (nSPS) is 11.5. The molecule has 0 fully saturated rings. The highest BCUT2D eigenvalue weighted by Gasteiger charge is 2.23. The molecule has 1 aromatic heterocycles. The van der Waals surface area contributed by atoms with Gasteiger partial charge in [-0.1, -0.05) is 0 Å². The summed E-state index contributed by atoms with van der Waals surface area (Å²) in [6.45, 7) is 1.45.